The van der Waals surface area contributed by atoms with Gasteiger partial charge in [-0.15, -0.1) is 0 Å². The van der Waals surface area contributed by atoms with E-state index in [4.69, 9.17) is 15.3 Å². The Bertz CT molecular complexity index is 1050. The van der Waals surface area contributed by atoms with Crippen LogP contribution in [0.25, 0.3) is 0 Å². The number of anilines is 1. The van der Waals surface area contributed by atoms with Crippen LogP contribution in [0.1, 0.15) is 23.6 Å². The summed E-state index contributed by atoms with van der Waals surface area (Å²) in [6.07, 6.45) is -5.96. The zero-order valence-electron chi connectivity index (χ0n) is 15.8. The summed E-state index contributed by atoms with van der Waals surface area (Å²) in [7, 11) is 0. The Morgan fingerprint density at radius 2 is 1.68 bits per heavy atom. The van der Waals surface area contributed by atoms with Gasteiger partial charge in [0.05, 0.1) is 28.8 Å². The number of carbonyl (C=O) groups excluding carboxylic acids is 1. The number of rotatable bonds is 6. The molecule has 1 unspecified atom stereocenters. The van der Waals surface area contributed by atoms with E-state index in [0.29, 0.717) is 17.7 Å². The molecule has 0 aliphatic rings. The third-order valence-electron chi connectivity index (χ3n) is 4.08. The number of ether oxygens (including phenoxy) is 1. The number of carbonyl (C=O) groups is 1. The highest BCUT2D eigenvalue weighted by Crippen LogP contribution is 2.45. The summed E-state index contributed by atoms with van der Waals surface area (Å²) in [5.74, 6) is -6.26. The van der Waals surface area contributed by atoms with Crippen molar-refractivity contribution in [2.24, 2.45) is 0 Å². The zero-order chi connectivity index (χ0) is 23.4. The van der Waals surface area contributed by atoms with Crippen LogP contribution in [-0.4, -0.2) is 29.4 Å². The van der Waals surface area contributed by atoms with Gasteiger partial charge < -0.3 is 15.2 Å². The fourth-order valence-corrected chi connectivity index (χ4v) is 2.31. The van der Waals surface area contributed by atoms with E-state index >= 15 is 0 Å². The van der Waals surface area contributed by atoms with Gasteiger partial charge in [-0.05, 0) is 49.4 Å². The van der Waals surface area contributed by atoms with Gasteiger partial charge in [0.1, 0.15) is 12.4 Å². The van der Waals surface area contributed by atoms with E-state index in [2.05, 4.69) is 0 Å². The van der Waals surface area contributed by atoms with Crippen LogP contribution in [0.15, 0.2) is 42.5 Å². The van der Waals surface area contributed by atoms with Gasteiger partial charge in [-0.1, -0.05) is 0 Å². The summed E-state index contributed by atoms with van der Waals surface area (Å²) in [6.45, 7) is 0.452. The Morgan fingerprint density at radius 1 is 1.06 bits per heavy atom. The van der Waals surface area contributed by atoms with Crippen LogP contribution in [0.3, 0.4) is 0 Å². The number of nitrogens with zero attached hydrogens (tertiary/aromatic N) is 2. The zero-order valence-corrected chi connectivity index (χ0v) is 15.8. The summed E-state index contributed by atoms with van der Waals surface area (Å²) in [6, 6.07) is 10.8. The first kappa shape index (κ1) is 23.6. The summed E-state index contributed by atoms with van der Waals surface area (Å²) in [5, 5.41) is 29.9. The molecular formula is C20H14F5N3O3. The highest BCUT2D eigenvalue weighted by molar-refractivity contribution is 5.97. The predicted molar refractivity (Wildman–Crippen MR) is 97.0 cm³/mol. The van der Waals surface area contributed by atoms with Crippen LogP contribution >= 0.6 is 0 Å². The molecule has 162 valence electrons. The van der Waals surface area contributed by atoms with Crippen molar-refractivity contribution in [2.45, 2.75) is 24.6 Å². The summed E-state index contributed by atoms with van der Waals surface area (Å²) in [5.41, 5.74) is -4.88. The molecule has 1 amide bonds. The molecule has 0 aromatic heterocycles. The van der Waals surface area contributed by atoms with Gasteiger partial charge in [0.2, 0.25) is 0 Å². The van der Waals surface area contributed by atoms with Crippen LogP contribution < -0.4 is 10.1 Å². The largest absolute Gasteiger partial charge is 0.490 e. The molecule has 2 aromatic carbocycles. The van der Waals surface area contributed by atoms with Crippen LogP contribution in [0.2, 0.25) is 0 Å². The molecule has 0 aliphatic heterocycles. The number of aliphatic hydroxyl groups is 1. The van der Waals surface area contributed by atoms with Crippen molar-refractivity contribution >= 4 is 11.6 Å². The van der Waals surface area contributed by atoms with E-state index < -0.39 is 47.0 Å². The van der Waals surface area contributed by atoms with E-state index in [0.717, 1.165) is 13.0 Å². The number of hydrogen-bond donors (Lipinski definition) is 2. The van der Waals surface area contributed by atoms with Crippen molar-refractivity contribution in [1.29, 1.82) is 10.5 Å². The molecule has 0 aliphatic carbocycles. The molecular weight excluding hydrogens is 425 g/mol. The monoisotopic (exact) mass is 439 g/mol. The molecule has 0 heterocycles. The molecule has 0 radical (unpaired) electrons. The van der Waals surface area contributed by atoms with Gasteiger partial charge >= 0.3 is 12.1 Å². The number of benzene rings is 2. The van der Waals surface area contributed by atoms with Crippen molar-refractivity contribution < 1.29 is 36.6 Å². The van der Waals surface area contributed by atoms with Crippen LogP contribution in [-0.2, 0) is 10.7 Å². The van der Waals surface area contributed by atoms with Gasteiger partial charge in [-0.25, -0.2) is 0 Å². The number of alkyl halides is 5. The smallest absolute Gasteiger partial charge is 0.458 e. The molecule has 0 fully saturated rings. The Labute approximate surface area is 173 Å². The Hall–Kier alpha value is -3.70. The second-order valence-corrected chi connectivity index (χ2v) is 6.60. The van der Waals surface area contributed by atoms with Crippen molar-refractivity contribution in [3.63, 3.8) is 0 Å². The molecule has 0 saturated heterocycles. The SMILES string of the molecule is CC(O)(COc1ccc(C#N)cc1)C(=O)Nc1ccc(C#N)c(C(F)(F)C(F)(F)F)c1. The lowest BCUT2D eigenvalue weighted by molar-refractivity contribution is -0.289. The normalized spacial score (nSPS) is 13.5. The van der Waals surface area contributed by atoms with E-state index in [9.17, 15) is 31.9 Å². The number of amides is 1. The Morgan fingerprint density at radius 3 is 2.19 bits per heavy atom. The molecule has 31 heavy (non-hydrogen) atoms. The van der Waals surface area contributed by atoms with Crippen molar-refractivity contribution in [3.8, 4) is 17.9 Å². The molecule has 1 atom stereocenters. The third-order valence-corrected chi connectivity index (χ3v) is 4.08. The summed E-state index contributed by atoms with van der Waals surface area (Å²) in [4.78, 5) is 12.3. The molecule has 0 saturated carbocycles. The van der Waals surface area contributed by atoms with Crippen LogP contribution in [0.4, 0.5) is 27.6 Å². The second-order valence-electron chi connectivity index (χ2n) is 6.60. The van der Waals surface area contributed by atoms with E-state index in [1.165, 1.54) is 30.3 Å². The van der Waals surface area contributed by atoms with Gasteiger partial charge in [-0.3, -0.25) is 4.79 Å². The highest BCUT2D eigenvalue weighted by atomic mass is 19.4. The number of hydrogen-bond acceptors (Lipinski definition) is 5. The van der Waals surface area contributed by atoms with E-state index in [1.54, 1.807) is 0 Å². The standard InChI is InChI=1S/C20H14F5N3O3/c1-18(30,11-31-15-6-2-12(9-26)3-7-15)17(29)28-14-5-4-13(10-27)16(8-14)19(21,22)20(23,24)25/h2-8,30H,11H2,1H3,(H,28,29). The molecule has 11 heteroatoms. The highest BCUT2D eigenvalue weighted by Gasteiger charge is 2.59. The lowest BCUT2D eigenvalue weighted by Gasteiger charge is -2.24. The Kier molecular flexibility index (Phi) is 6.52. The number of halogens is 5. The number of nitrogens with one attached hydrogen (secondary N) is 1. The molecule has 2 rings (SSSR count). The Balaban J connectivity index is 2.19. The molecule has 0 bridgehead atoms. The predicted octanol–water partition coefficient (Wildman–Crippen LogP) is 3.85. The lowest BCUT2D eigenvalue weighted by atomic mass is 10.0. The summed E-state index contributed by atoms with van der Waals surface area (Å²) < 4.78 is 70.9. The second kappa shape index (κ2) is 8.58. The molecule has 0 spiro atoms. The lowest BCUT2D eigenvalue weighted by Crippen LogP contribution is -2.45. The van der Waals surface area contributed by atoms with Gasteiger partial charge in [-0.2, -0.15) is 32.5 Å². The maximum Gasteiger partial charge on any atom is 0.458 e. The first-order valence-electron chi connectivity index (χ1n) is 8.48. The van der Waals surface area contributed by atoms with Gasteiger partial charge in [0.15, 0.2) is 5.60 Å². The molecule has 2 N–H and O–H groups in total. The minimum absolute atomic E-state index is 0.220. The molecule has 6 nitrogen and oxygen atoms in total. The van der Waals surface area contributed by atoms with E-state index in [-0.39, 0.29) is 5.75 Å². The fourth-order valence-electron chi connectivity index (χ4n) is 2.31. The fraction of sp³-hybridized carbons (Fsp3) is 0.250. The van der Waals surface area contributed by atoms with Crippen LogP contribution in [0.5, 0.6) is 5.75 Å². The van der Waals surface area contributed by atoms with Crippen molar-refractivity contribution in [1.82, 2.24) is 0 Å². The van der Waals surface area contributed by atoms with Crippen LogP contribution in [0, 0.1) is 22.7 Å². The third kappa shape index (κ3) is 5.27. The van der Waals surface area contributed by atoms with Crippen molar-refractivity contribution in [3.05, 3.63) is 59.2 Å². The van der Waals surface area contributed by atoms with Gasteiger partial charge in [0.25, 0.3) is 5.91 Å². The summed E-state index contributed by atoms with van der Waals surface area (Å²) >= 11 is 0. The maximum absolute atomic E-state index is 13.7. The molecule has 2 aromatic rings. The average molecular weight is 439 g/mol. The first-order chi connectivity index (χ1) is 14.3. The average Bonchev–Trinajstić information content (AvgIpc) is 2.71. The minimum atomic E-state index is -5.96. The van der Waals surface area contributed by atoms with Gasteiger partial charge in [0, 0.05) is 5.69 Å². The minimum Gasteiger partial charge on any atom is -0.490 e. The van der Waals surface area contributed by atoms with Crippen molar-refractivity contribution in [2.75, 3.05) is 11.9 Å². The topological polar surface area (TPSA) is 106 Å². The number of nitriles is 2. The quantitative estimate of drug-likeness (QED) is 0.665. The maximum atomic E-state index is 13.7. The van der Waals surface area contributed by atoms with E-state index in [1.807, 2.05) is 11.4 Å². The first-order valence-corrected chi connectivity index (χ1v) is 8.48.